The molecule has 290 valence electrons. The number of para-hydroxylation sites is 1. The highest BCUT2D eigenvalue weighted by Gasteiger charge is 2.19. The molecule has 12 rings (SSSR count). The second kappa shape index (κ2) is 14.9. The second-order valence-electron chi connectivity index (χ2n) is 15.5. The molecule has 0 unspecified atom stereocenters. The average Bonchev–Trinajstić information content (AvgIpc) is 3.93. The van der Waals surface area contributed by atoms with Crippen LogP contribution < -0.4 is 0 Å². The lowest BCUT2D eigenvalue weighted by atomic mass is 9.98. The van der Waals surface area contributed by atoms with Crippen LogP contribution in [0.2, 0.25) is 0 Å². The van der Waals surface area contributed by atoms with Gasteiger partial charge in [0.15, 0.2) is 17.5 Å². The smallest absolute Gasteiger partial charge is 0.164 e. The summed E-state index contributed by atoms with van der Waals surface area (Å²) >= 11 is 1.86. The van der Waals surface area contributed by atoms with E-state index in [4.69, 9.17) is 19.4 Å². The first-order chi connectivity index (χ1) is 30.7. The summed E-state index contributed by atoms with van der Waals surface area (Å²) in [6.07, 6.45) is 0. The molecule has 0 N–H and O–H groups in total. The summed E-state index contributed by atoms with van der Waals surface area (Å²) in [5, 5.41) is 4.62. The fraction of sp³-hybridized carbons (Fsp3) is 0. The van der Waals surface area contributed by atoms with Gasteiger partial charge in [-0.3, -0.25) is 0 Å². The van der Waals surface area contributed by atoms with Crippen molar-refractivity contribution in [1.82, 2.24) is 15.0 Å². The molecule has 0 fully saturated rings. The third kappa shape index (κ3) is 6.35. The predicted molar refractivity (Wildman–Crippen MR) is 258 cm³/mol. The number of thiophene rings is 1. The Morgan fingerprint density at radius 3 is 1.55 bits per heavy atom. The monoisotopic (exact) mass is 809 g/mol. The third-order valence-electron chi connectivity index (χ3n) is 11.8. The van der Waals surface area contributed by atoms with E-state index in [1.807, 2.05) is 47.7 Å². The van der Waals surface area contributed by atoms with Gasteiger partial charge in [0, 0.05) is 47.6 Å². The van der Waals surface area contributed by atoms with E-state index in [0.29, 0.717) is 17.5 Å². The maximum absolute atomic E-state index is 6.30. The van der Waals surface area contributed by atoms with Gasteiger partial charge in [-0.05, 0) is 74.8 Å². The van der Waals surface area contributed by atoms with Crippen molar-refractivity contribution >= 4 is 53.4 Å². The fourth-order valence-corrected chi connectivity index (χ4v) is 9.93. The number of fused-ring (bicyclic) bond motifs is 6. The number of rotatable bonds is 7. The lowest BCUT2D eigenvalue weighted by molar-refractivity contribution is 0.669. The normalized spacial score (nSPS) is 11.5. The third-order valence-corrected chi connectivity index (χ3v) is 13.0. The first-order valence-corrected chi connectivity index (χ1v) is 21.6. The summed E-state index contributed by atoms with van der Waals surface area (Å²) in [7, 11) is 0. The Bertz CT molecular complexity index is 3630. The fourth-order valence-electron chi connectivity index (χ4n) is 8.69. The highest BCUT2D eigenvalue weighted by molar-refractivity contribution is 7.26. The second-order valence-corrected chi connectivity index (χ2v) is 16.6. The molecule has 12 aromatic rings. The summed E-state index contributed by atoms with van der Waals surface area (Å²) < 4.78 is 8.93. The molecule has 5 heteroatoms. The Kier molecular flexibility index (Phi) is 8.65. The summed E-state index contributed by atoms with van der Waals surface area (Å²) in [5.41, 5.74) is 13.6. The molecule has 0 aliphatic rings. The Hall–Kier alpha value is -7.99. The van der Waals surface area contributed by atoms with Gasteiger partial charge in [-0.25, -0.2) is 15.0 Å². The molecular weight excluding hydrogens is 775 g/mol. The minimum atomic E-state index is 0.590. The number of nitrogens with zero attached hydrogens (tertiary/aromatic N) is 3. The van der Waals surface area contributed by atoms with E-state index < -0.39 is 0 Å². The van der Waals surface area contributed by atoms with Crippen LogP contribution in [0.4, 0.5) is 0 Å². The molecular formula is C57H35N3OS. The largest absolute Gasteiger partial charge is 0.456 e. The molecule has 0 atom stereocenters. The maximum atomic E-state index is 6.30. The molecule has 0 bridgehead atoms. The van der Waals surface area contributed by atoms with Crippen LogP contribution in [0, 0.1) is 0 Å². The molecule has 0 saturated heterocycles. The molecule has 0 aliphatic carbocycles. The highest BCUT2D eigenvalue weighted by Crippen LogP contribution is 2.41. The minimum absolute atomic E-state index is 0.590. The van der Waals surface area contributed by atoms with Gasteiger partial charge in [0.1, 0.15) is 11.2 Å². The summed E-state index contributed by atoms with van der Waals surface area (Å²) in [6, 6.07) is 74.6. The quantitative estimate of drug-likeness (QED) is 0.161. The first-order valence-electron chi connectivity index (χ1n) is 20.7. The standard InChI is InChI=1S/C57H35N3OS/c1-2-12-36(13-3-1)41-14-8-15-42(34-41)38-28-32-40(33-29-38)55-58-56(60-57(59-55)49-22-11-24-51-53(49)48-19-4-6-23-50(48)61-51)44-17-9-16-43(35-44)37-26-30-39(31-27-37)45-20-10-21-47-46-18-5-7-25-52(46)62-54(45)47/h1-35H. The van der Waals surface area contributed by atoms with Crippen molar-refractivity contribution in [3.8, 4) is 78.7 Å². The van der Waals surface area contributed by atoms with E-state index in [0.717, 1.165) is 60.9 Å². The van der Waals surface area contributed by atoms with Gasteiger partial charge in [0.05, 0.1) is 0 Å². The van der Waals surface area contributed by atoms with Gasteiger partial charge < -0.3 is 4.42 Å². The van der Waals surface area contributed by atoms with Gasteiger partial charge >= 0.3 is 0 Å². The number of benzene rings is 9. The van der Waals surface area contributed by atoms with E-state index in [9.17, 15) is 0 Å². The molecule has 0 radical (unpaired) electrons. The predicted octanol–water partition coefficient (Wildman–Crippen LogP) is 15.8. The Morgan fingerprint density at radius 2 is 0.790 bits per heavy atom. The first kappa shape index (κ1) is 35.9. The van der Waals surface area contributed by atoms with Crippen molar-refractivity contribution in [2.45, 2.75) is 0 Å². The molecule has 0 amide bonds. The van der Waals surface area contributed by atoms with E-state index in [1.165, 1.54) is 42.4 Å². The van der Waals surface area contributed by atoms with Crippen LogP contribution in [-0.2, 0) is 0 Å². The van der Waals surface area contributed by atoms with Crippen LogP contribution in [0.15, 0.2) is 217 Å². The van der Waals surface area contributed by atoms with Gasteiger partial charge in [-0.1, -0.05) is 182 Å². The summed E-state index contributed by atoms with van der Waals surface area (Å²) in [5.74, 6) is 1.79. The molecule has 3 heterocycles. The van der Waals surface area contributed by atoms with Crippen molar-refractivity contribution in [1.29, 1.82) is 0 Å². The molecule has 9 aromatic carbocycles. The lowest BCUT2D eigenvalue weighted by Crippen LogP contribution is -2.00. The zero-order chi connectivity index (χ0) is 41.0. The highest BCUT2D eigenvalue weighted by atomic mass is 32.1. The topological polar surface area (TPSA) is 51.8 Å². The van der Waals surface area contributed by atoms with E-state index in [-0.39, 0.29) is 0 Å². The van der Waals surface area contributed by atoms with Gasteiger partial charge in [0.2, 0.25) is 0 Å². The van der Waals surface area contributed by atoms with Crippen molar-refractivity contribution in [2.75, 3.05) is 0 Å². The van der Waals surface area contributed by atoms with Crippen LogP contribution in [0.3, 0.4) is 0 Å². The molecule has 0 aliphatic heterocycles. The number of aromatic nitrogens is 3. The van der Waals surface area contributed by atoms with Crippen molar-refractivity contribution in [2.24, 2.45) is 0 Å². The SMILES string of the molecule is c1ccc(-c2cccc(-c3ccc(-c4nc(-c5cccc(-c6ccc(-c7cccc8c7sc7ccccc78)cc6)c5)nc(-c5cccc6oc7ccccc7c56)n4)cc3)c2)cc1. The van der Waals surface area contributed by atoms with Gasteiger partial charge in [-0.15, -0.1) is 11.3 Å². The van der Waals surface area contributed by atoms with Crippen LogP contribution in [0.25, 0.3) is 121 Å². The lowest BCUT2D eigenvalue weighted by Gasteiger charge is -2.11. The molecule has 0 saturated carbocycles. The molecule has 0 spiro atoms. The Morgan fingerprint density at radius 1 is 0.306 bits per heavy atom. The van der Waals surface area contributed by atoms with Crippen LogP contribution in [-0.4, -0.2) is 15.0 Å². The zero-order valence-electron chi connectivity index (χ0n) is 33.4. The van der Waals surface area contributed by atoms with E-state index >= 15 is 0 Å². The Balaban J connectivity index is 0.942. The maximum Gasteiger partial charge on any atom is 0.164 e. The number of hydrogen-bond donors (Lipinski definition) is 0. The van der Waals surface area contributed by atoms with Crippen LogP contribution >= 0.6 is 11.3 Å². The van der Waals surface area contributed by atoms with Gasteiger partial charge in [-0.2, -0.15) is 0 Å². The van der Waals surface area contributed by atoms with Gasteiger partial charge in [0.25, 0.3) is 0 Å². The molecule has 3 aromatic heterocycles. The number of furan rings is 1. The zero-order valence-corrected chi connectivity index (χ0v) is 34.2. The van der Waals surface area contributed by atoms with Crippen molar-refractivity contribution < 1.29 is 4.42 Å². The molecule has 62 heavy (non-hydrogen) atoms. The van der Waals surface area contributed by atoms with Crippen LogP contribution in [0.5, 0.6) is 0 Å². The average molecular weight is 810 g/mol. The van der Waals surface area contributed by atoms with E-state index in [2.05, 4.69) is 176 Å². The molecule has 4 nitrogen and oxygen atoms in total. The van der Waals surface area contributed by atoms with Crippen LogP contribution in [0.1, 0.15) is 0 Å². The van der Waals surface area contributed by atoms with Crippen molar-refractivity contribution in [3.05, 3.63) is 212 Å². The summed E-state index contributed by atoms with van der Waals surface area (Å²) in [4.78, 5) is 15.6. The van der Waals surface area contributed by atoms with E-state index in [1.54, 1.807) is 0 Å². The summed E-state index contributed by atoms with van der Waals surface area (Å²) in [6.45, 7) is 0. The number of hydrogen-bond acceptors (Lipinski definition) is 5. The Labute approximate surface area is 362 Å². The minimum Gasteiger partial charge on any atom is -0.456 e. The van der Waals surface area contributed by atoms with Crippen molar-refractivity contribution in [3.63, 3.8) is 0 Å².